The zero-order chi connectivity index (χ0) is 31.3. The highest BCUT2D eigenvalue weighted by Crippen LogP contribution is 2.30. The van der Waals surface area contributed by atoms with Crippen LogP contribution in [-0.4, -0.2) is 74.8 Å². The quantitative estimate of drug-likeness (QED) is 0.277. The molecule has 3 amide bonds. The van der Waals surface area contributed by atoms with Gasteiger partial charge in [0.15, 0.2) is 12.8 Å². The van der Waals surface area contributed by atoms with E-state index in [-0.39, 0.29) is 23.8 Å². The molecular weight excluding hydrogens is 636 g/mol. The van der Waals surface area contributed by atoms with E-state index in [4.69, 9.17) is 4.74 Å². The first-order valence-corrected chi connectivity index (χ1v) is 17.3. The third-order valence-corrected chi connectivity index (χ3v) is 10.8. The zero-order valence-corrected chi connectivity index (χ0v) is 27.6. The fourth-order valence-corrected chi connectivity index (χ4v) is 7.74. The lowest BCUT2D eigenvalue weighted by Crippen LogP contribution is -3.15. The maximum Gasteiger partial charge on any atom is 0.515 e. The van der Waals surface area contributed by atoms with E-state index in [1.54, 1.807) is 0 Å². The first kappa shape index (κ1) is 31.9. The predicted molar refractivity (Wildman–Crippen MR) is 172 cm³/mol. The number of aryl methyl sites for hydroxylation is 1. The van der Waals surface area contributed by atoms with Crippen molar-refractivity contribution in [3.8, 4) is 0 Å². The highest BCUT2D eigenvalue weighted by molar-refractivity contribution is 9.10. The molecule has 3 unspecified atom stereocenters. The molecule has 10 nitrogen and oxygen atoms in total. The number of carbonyl (C=O) groups excluding carboxylic acids is 3. The van der Waals surface area contributed by atoms with Crippen LogP contribution in [0, 0.1) is 11.8 Å². The van der Waals surface area contributed by atoms with Crippen LogP contribution in [0.2, 0.25) is 0 Å². The number of nitrogens with two attached hydrogens (primary N) is 1. The lowest BCUT2D eigenvalue weighted by molar-refractivity contribution is -0.856. The molecule has 8 N–H and O–H groups in total. The van der Waals surface area contributed by atoms with Crippen molar-refractivity contribution in [2.45, 2.75) is 51.0 Å². The largest absolute Gasteiger partial charge is 0.515 e. The number of hydrogen-bond donors (Lipinski definition) is 5. The smallest absolute Gasteiger partial charge is 0.406 e. The summed E-state index contributed by atoms with van der Waals surface area (Å²) in [7, 11) is 0. The molecule has 240 valence electrons. The number of anilines is 1. The Labute approximate surface area is 273 Å². The number of nitrogens with zero attached hydrogens (tertiary/aromatic N) is 1. The van der Waals surface area contributed by atoms with Crippen molar-refractivity contribution in [3.63, 3.8) is 0 Å². The number of ether oxygens (including phenoxy) is 1. The predicted octanol–water partition coefficient (Wildman–Crippen LogP) is -0.208. The Balaban J connectivity index is 1.06. The van der Waals surface area contributed by atoms with Gasteiger partial charge in [-0.2, -0.15) is 4.79 Å². The maximum atomic E-state index is 13.9. The van der Waals surface area contributed by atoms with Gasteiger partial charge in [-0.25, -0.2) is 4.90 Å². The molecular formula is C34H47BrN6O4+4. The fourth-order valence-electron chi connectivity index (χ4n) is 7.31. The van der Waals surface area contributed by atoms with Crippen molar-refractivity contribution >= 4 is 45.2 Å². The van der Waals surface area contributed by atoms with E-state index in [0.29, 0.717) is 38.6 Å². The van der Waals surface area contributed by atoms with Crippen LogP contribution < -0.4 is 26.2 Å². The summed E-state index contributed by atoms with van der Waals surface area (Å²) in [4.78, 5) is 44.4. The number of nitrogens with one attached hydrogen (secondary N) is 3. The van der Waals surface area contributed by atoms with Crippen molar-refractivity contribution in [1.82, 2.24) is 4.90 Å². The van der Waals surface area contributed by atoms with Crippen LogP contribution in [0.4, 0.5) is 16.2 Å². The minimum absolute atomic E-state index is 0.0217. The number of para-hydroxylation sites is 1. The number of likely N-dealkylation sites (tertiary alicyclic amines) is 1. The second-order valence-electron chi connectivity index (χ2n) is 13.1. The lowest BCUT2D eigenvalue weighted by atomic mass is 9.84. The zero-order valence-electron chi connectivity index (χ0n) is 26.0. The molecule has 0 radical (unpaired) electrons. The number of fused-ring (bicyclic) bond motifs is 1. The summed E-state index contributed by atoms with van der Waals surface area (Å²) in [5.41, 5.74) is 9.32. The highest BCUT2D eigenvalue weighted by Gasteiger charge is 2.39. The molecule has 2 aromatic carbocycles. The van der Waals surface area contributed by atoms with Gasteiger partial charge >= 0.3 is 6.09 Å². The summed E-state index contributed by atoms with van der Waals surface area (Å²) in [6.45, 7) is 5.51. The first-order valence-electron chi connectivity index (χ1n) is 16.5. The minimum atomic E-state index is -0.880. The average Bonchev–Trinajstić information content (AvgIpc) is 3.50. The Kier molecular flexibility index (Phi) is 10.3. The molecule has 2 aromatic rings. The van der Waals surface area contributed by atoms with E-state index >= 15 is 0 Å². The average molecular weight is 684 g/mol. The molecule has 4 heterocycles. The molecule has 0 spiro atoms. The maximum absolute atomic E-state index is 13.9. The number of amides is 3. The van der Waals surface area contributed by atoms with Crippen molar-refractivity contribution < 1.29 is 40.0 Å². The number of rotatable bonds is 7. The summed E-state index contributed by atoms with van der Waals surface area (Å²) in [6.07, 6.45) is 6.71. The van der Waals surface area contributed by atoms with Gasteiger partial charge in [-0.3, -0.25) is 19.4 Å². The SMILES string of the molecule is [NH3+]c1ccc(CC(OC(=O)[NH+]2CCC(CC3CCc4ccccc4NC3=O)CC2)C(=O)N2CC[NH+](C3=CC[NH2+]CC3)C2)cc1Br. The molecule has 0 bridgehead atoms. The third-order valence-electron chi connectivity index (χ3n) is 10.1. The van der Waals surface area contributed by atoms with Crippen molar-refractivity contribution in [3.05, 3.63) is 69.8 Å². The van der Waals surface area contributed by atoms with Gasteiger partial charge in [0.2, 0.25) is 5.91 Å². The first-order chi connectivity index (χ1) is 21.8. The Bertz CT molecular complexity index is 1440. The van der Waals surface area contributed by atoms with Crippen molar-refractivity contribution in [2.75, 3.05) is 51.3 Å². The molecule has 2 fully saturated rings. The third kappa shape index (κ3) is 7.84. The molecule has 0 aliphatic carbocycles. The van der Waals surface area contributed by atoms with E-state index in [9.17, 15) is 14.4 Å². The molecule has 4 aliphatic rings. The number of halogens is 1. The second kappa shape index (κ2) is 14.6. The van der Waals surface area contributed by atoms with Crippen molar-refractivity contribution in [1.29, 1.82) is 0 Å². The molecule has 45 heavy (non-hydrogen) atoms. The Morgan fingerprint density at radius 3 is 2.71 bits per heavy atom. The number of piperidine rings is 1. The number of quaternary nitrogens is 4. The molecule has 0 saturated carbocycles. The number of alkyl carbamates (subject to hydrolysis) is 2. The summed E-state index contributed by atoms with van der Waals surface area (Å²) < 4.78 is 6.95. The van der Waals surface area contributed by atoms with Crippen molar-refractivity contribution in [2.24, 2.45) is 11.8 Å². The summed E-state index contributed by atoms with van der Waals surface area (Å²) in [5.74, 6) is 0.353. The van der Waals surface area contributed by atoms with Gasteiger partial charge < -0.3 is 21.1 Å². The molecule has 0 aromatic heterocycles. The van der Waals surface area contributed by atoms with Gasteiger partial charge in [0, 0.05) is 43.0 Å². The van der Waals surface area contributed by atoms with Gasteiger partial charge in [-0.15, -0.1) is 0 Å². The van der Waals surface area contributed by atoms with Crippen LogP contribution in [0.15, 0.2) is 58.7 Å². The number of hydrogen-bond acceptors (Lipinski definition) is 4. The summed E-state index contributed by atoms with van der Waals surface area (Å²) >= 11 is 3.55. The van der Waals surface area contributed by atoms with E-state index in [1.165, 1.54) is 16.2 Å². The van der Waals surface area contributed by atoms with E-state index in [2.05, 4.69) is 44.4 Å². The summed E-state index contributed by atoms with van der Waals surface area (Å²) in [5, 5.41) is 5.42. The molecule has 6 rings (SSSR count). The van der Waals surface area contributed by atoms with Crippen LogP contribution in [0.25, 0.3) is 0 Å². The highest BCUT2D eigenvalue weighted by atomic mass is 79.9. The van der Waals surface area contributed by atoms with Gasteiger partial charge in [0.1, 0.15) is 17.9 Å². The Morgan fingerprint density at radius 2 is 1.93 bits per heavy atom. The van der Waals surface area contributed by atoms with Crippen LogP contribution in [-0.2, 0) is 27.2 Å². The lowest BCUT2D eigenvalue weighted by Gasteiger charge is -2.30. The topological polar surface area (TPSA) is 129 Å². The molecule has 2 saturated heterocycles. The van der Waals surface area contributed by atoms with Crippen LogP contribution >= 0.6 is 15.9 Å². The summed E-state index contributed by atoms with van der Waals surface area (Å²) in [6, 6.07) is 13.9. The van der Waals surface area contributed by atoms with Gasteiger partial charge in [0.25, 0.3) is 5.91 Å². The van der Waals surface area contributed by atoms with E-state index in [1.807, 2.05) is 41.3 Å². The van der Waals surface area contributed by atoms with Crippen LogP contribution in [0.3, 0.4) is 0 Å². The molecule has 3 atom stereocenters. The van der Waals surface area contributed by atoms with Gasteiger partial charge in [-0.1, -0.05) is 24.3 Å². The van der Waals surface area contributed by atoms with Gasteiger partial charge in [0.05, 0.1) is 43.6 Å². The normalized spacial score (nSPS) is 25.9. The fraction of sp³-hybridized carbons (Fsp3) is 0.500. The Morgan fingerprint density at radius 1 is 1.11 bits per heavy atom. The van der Waals surface area contributed by atoms with Gasteiger partial charge in [-0.05, 0) is 64.4 Å². The van der Waals surface area contributed by atoms with E-state index in [0.717, 1.165) is 84.5 Å². The monoisotopic (exact) mass is 682 g/mol. The van der Waals surface area contributed by atoms with Crippen LogP contribution in [0.5, 0.6) is 0 Å². The molecule has 11 heteroatoms. The number of carbonyl (C=O) groups is 3. The second-order valence-corrected chi connectivity index (χ2v) is 13.9. The Hall–Kier alpha value is -3.09. The minimum Gasteiger partial charge on any atom is -0.406 e. The van der Waals surface area contributed by atoms with Crippen LogP contribution in [0.1, 0.15) is 43.2 Å². The van der Waals surface area contributed by atoms with E-state index < -0.39 is 6.10 Å². The molecule has 4 aliphatic heterocycles. The standard InChI is InChI=1S/C34H43BrN6O4/c35-28-20-24(5-8-29(28)36)21-31(33(43)41-18-17-40(22-41)27-9-13-37-14-10-27)45-34(44)39-15-11-23(12-16-39)19-26-7-6-25-3-1-2-4-30(25)38-32(26)42/h1-5,8-9,20,23,26,31,37H,6-7,10-19,21-22,36H2,(H,38,42)/p+4. The number of benzene rings is 2.